The summed E-state index contributed by atoms with van der Waals surface area (Å²) in [5, 5.41) is 3.21. The first-order valence-corrected chi connectivity index (χ1v) is 8.14. The molecule has 1 aromatic rings. The molecule has 23 heavy (non-hydrogen) atoms. The number of hydrazine groups is 1. The average Bonchev–Trinajstić information content (AvgIpc) is 3.33. The highest BCUT2D eigenvalue weighted by molar-refractivity contribution is 5.63. The van der Waals surface area contributed by atoms with Gasteiger partial charge >= 0.3 is 0 Å². The molecule has 0 aliphatic heterocycles. The fraction of sp³-hybridized carbons (Fsp3) is 0.474. The summed E-state index contributed by atoms with van der Waals surface area (Å²) in [6.45, 7) is 7.51. The van der Waals surface area contributed by atoms with Crippen molar-refractivity contribution in [2.45, 2.75) is 39.2 Å². The Morgan fingerprint density at radius 3 is 2.57 bits per heavy atom. The molecule has 0 amide bonds. The van der Waals surface area contributed by atoms with Crippen molar-refractivity contribution in [1.82, 2.24) is 10.7 Å². The van der Waals surface area contributed by atoms with Gasteiger partial charge in [0.05, 0.1) is 17.9 Å². The summed E-state index contributed by atoms with van der Waals surface area (Å²) in [4.78, 5) is 0. The van der Waals surface area contributed by atoms with E-state index in [0.29, 0.717) is 12.5 Å². The molecule has 2 rings (SSSR count). The van der Waals surface area contributed by atoms with E-state index in [1.807, 2.05) is 51.2 Å². The van der Waals surface area contributed by atoms with Crippen molar-refractivity contribution in [3.05, 3.63) is 41.6 Å². The van der Waals surface area contributed by atoms with Gasteiger partial charge in [-0.2, -0.15) is 0 Å². The van der Waals surface area contributed by atoms with E-state index in [4.69, 9.17) is 10.6 Å². The van der Waals surface area contributed by atoms with Crippen LogP contribution in [0.4, 0.5) is 0 Å². The predicted molar refractivity (Wildman–Crippen MR) is 95.1 cm³/mol. The highest BCUT2D eigenvalue weighted by Crippen LogP contribution is 2.27. The van der Waals surface area contributed by atoms with Crippen molar-refractivity contribution < 1.29 is 4.74 Å². The molecular weight excluding hydrogens is 286 g/mol. The maximum absolute atomic E-state index is 5.66. The molecule has 124 valence electrons. The van der Waals surface area contributed by atoms with Crippen molar-refractivity contribution in [1.29, 1.82) is 0 Å². The zero-order valence-electron chi connectivity index (χ0n) is 14.3. The maximum atomic E-state index is 5.66. The van der Waals surface area contributed by atoms with Crippen LogP contribution in [0.3, 0.4) is 0 Å². The number of hydrogen-bond donors (Lipinski definition) is 3. The molecule has 4 N–H and O–H groups in total. The quantitative estimate of drug-likeness (QED) is 0.327. The Hall–Kier alpha value is -1.96. The Bertz CT molecular complexity index is 584. The summed E-state index contributed by atoms with van der Waals surface area (Å²) in [5.74, 6) is 12.7. The van der Waals surface area contributed by atoms with Crippen LogP contribution in [0.25, 0.3) is 5.70 Å². The van der Waals surface area contributed by atoms with Gasteiger partial charge in [0.1, 0.15) is 0 Å². The standard InChI is InChI=1S/C19H27N3O/c1-19(2,3)23-13-12-21-14-18(22-20)17-10-8-16(9-11-17)7-6-15-4-5-15/h8-11,14-15,21-22H,4-5,12-13,20H2,1-3H3/b18-14-. The number of hydrogen-bond acceptors (Lipinski definition) is 4. The fourth-order valence-corrected chi connectivity index (χ4v) is 1.94. The summed E-state index contributed by atoms with van der Waals surface area (Å²) < 4.78 is 5.66. The van der Waals surface area contributed by atoms with Gasteiger partial charge in [-0.1, -0.05) is 24.0 Å². The molecule has 0 spiro atoms. The van der Waals surface area contributed by atoms with Crippen molar-refractivity contribution in [3.8, 4) is 11.8 Å². The lowest BCUT2D eigenvalue weighted by molar-refractivity contribution is 0.000183. The molecule has 0 radical (unpaired) electrons. The van der Waals surface area contributed by atoms with Gasteiger partial charge in [-0.3, -0.25) is 5.84 Å². The molecule has 4 nitrogen and oxygen atoms in total. The van der Waals surface area contributed by atoms with Crippen LogP contribution in [0.1, 0.15) is 44.7 Å². The number of nitrogens with two attached hydrogens (primary N) is 1. The zero-order chi connectivity index (χ0) is 16.7. The first-order chi connectivity index (χ1) is 11.0. The Morgan fingerprint density at radius 1 is 1.30 bits per heavy atom. The number of benzene rings is 1. The number of rotatable bonds is 6. The molecule has 0 saturated heterocycles. The first-order valence-electron chi connectivity index (χ1n) is 8.14. The molecule has 1 aliphatic carbocycles. The van der Waals surface area contributed by atoms with E-state index in [-0.39, 0.29) is 5.60 Å². The molecule has 0 heterocycles. The molecule has 0 atom stereocenters. The fourth-order valence-electron chi connectivity index (χ4n) is 1.94. The van der Waals surface area contributed by atoms with Gasteiger partial charge in [-0.15, -0.1) is 0 Å². The minimum absolute atomic E-state index is 0.113. The molecular formula is C19H27N3O. The van der Waals surface area contributed by atoms with E-state index < -0.39 is 0 Å². The second kappa shape index (κ2) is 8.05. The first kappa shape index (κ1) is 17.4. The van der Waals surface area contributed by atoms with Crippen LogP contribution in [0.15, 0.2) is 30.5 Å². The molecule has 1 aromatic carbocycles. The third kappa shape index (κ3) is 6.77. The van der Waals surface area contributed by atoms with Crippen LogP contribution in [-0.4, -0.2) is 18.8 Å². The number of nitrogens with one attached hydrogen (secondary N) is 2. The average molecular weight is 313 g/mol. The maximum Gasteiger partial charge on any atom is 0.0715 e. The summed E-state index contributed by atoms with van der Waals surface area (Å²) in [6.07, 6.45) is 4.37. The predicted octanol–water partition coefficient (Wildman–Crippen LogP) is 2.61. The Balaban J connectivity index is 1.86. The Kier molecular flexibility index (Phi) is 6.09. The van der Waals surface area contributed by atoms with E-state index >= 15 is 0 Å². The van der Waals surface area contributed by atoms with Gasteiger partial charge < -0.3 is 15.5 Å². The van der Waals surface area contributed by atoms with Crippen molar-refractivity contribution in [2.75, 3.05) is 13.2 Å². The van der Waals surface area contributed by atoms with E-state index in [2.05, 4.69) is 22.6 Å². The normalized spacial score (nSPS) is 14.9. The molecule has 0 bridgehead atoms. The summed E-state index contributed by atoms with van der Waals surface area (Å²) >= 11 is 0. The number of ether oxygens (including phenoxy) is 1. The second-order valence-electron chi connectivity index (χ2n) is 6.74. The van der Waals surface area contributed by atoms with E-state index in [0.717, 1.165) is 23.4 Å². The Morgan fingerprint density at radius 2 is 2.00 bits per heavy atom. The molecule has 4 heteroatoms. The van der Waals surface area contributed by atoms with E-state index in [9.17, 15) is 0 Å². The molecule has 0 aromatic heterocycles. The van der Waals surface area contributed by atoms with Crippen LogP contribution >= 0.6 is 0 Å². The summed E-state index contributed by atoms with van der Waals surface area (Å²) in [5.41, 5.74) is 5.52. The topological polar surface area (TPSA) is 59.3 Å². The minimum Gasteiger partial charge on any atom is -0.387 e. The smallest absolute Gasteiger partial charge is 0.0715 e. The SMILES string of the molecule is CC(C)(C)OCCN/C=C(\NN)c1ccc(C#CC2CC2)cc1. The highest BCUT2D eigenvalue weighted by atomic mass is 16.5. The van der Waals surface area contributed by atoms with Gasteiger partial charge in [-0.25, -0.2) is 0 Å². The van der Waals surface area contributed by atoms with Crippen LogP contribution in [0, 0.1) is 17.8 Å². The van der Waals surface area contributed by atoms with Gasteiger partial charge in [0.25, 0.3) is 0 Å². The van der Waals surface area contributed by atoms with Gasteiger partial charge in [0, 0.05) is 29.8 Å². The van der Waals surface area contributed by atoms with Gasteiger partial charge in [0.15, 0.2) is 0 Å². The minimum atomic E-state index is -0.113. The van der Waals surface area contributed by atoms with Crippen molar-refractivity contribution in [2.24, 2.45) is 11.8 Å². The van der Waals surface area contributed by atoms with Gasteiger partial charge in [0.2, 0.25) is 0 Å². The van der Waals surface area contributed by atoms with E-state index in [1.165, 1.54) is 12.8 Å². The Labute approximate surface area is 139 Å². The largest absolute Gasteiger partial charge is 0.387 e. The monoisotopic (exact) mass is 313 g/mol. The lowest BCUT2D eigenvalue weighted by atomic mass is 10.1. The molecule has 1 aliphatic rings. The van der Waals surface area contributed by atoms with Crippen LogP contribution in [0.2, 0.25) is 0 Å². The highest BCUT2D eigenvalue weighted by Gasteiger charge is 2.17. The molecule has 1 saturated carbocycles. The third-order valence-corrected chi connectivity index (χ3v) is 3.38. The zero-order valence-corrected chi connectivity index (χ0v) is 14.3. The summed E-state index contributed by atoms with van der Waals surface area (Å²) in [7, 11) is 0. The second-order valence-corrected chi connectivity index (χ2v) is 6.74. The molecule has 0 unspecified atom stereocenters. The lowest BCUT2D eigenvalue weighted by Gasteiger charge is -2.19. The van der Waals surface area contributed by atoms with Crippen molar-refractivity contribution in [3.63, 3.8) is 0 Å². The summed E-state index contributed by atoms with van der Waals surface area (Å²) in [6, 6.07) is 8.10. The third-order valence-electron chi connectivity index (χ3n) is 3.38. The van der Waals surface area contributed by atoms with Crippen LogP contribution in [0.5, 0.6) is 0 Å². The molecule has 1 fully saturated rings. The lowest BCUT2D eigenvalue weighted by Crippen LogP contribution is -2.26. The van der Waals surface area contributed by atoms with Gasteiger partial charge in [-0.05, 0) is 45.7 Å². The van der Waals surface area contributed by atoms with Crippen LogP contribution < -0.4 is 16.6 Å². The van der Waals surface area contributed by atoms with E-state index in [1.54, 1.807) is 0 Å². The van der Waals surface area contributed by atoms with Crippen LogP contribution in [-0.2, 0) is 4.74 Å². The van der Waals surface area contributed by atoms with Crippen molar-refractivity contribution >= 4 is 5.70 Å².